The molecule has 34 heavy (non-hydrogen) atoms. The quantitative estimate of drug-likeness (QED) is 0.366. The van der Waals surface area contributed by atoms with Gasteiger partial charge < -0.3 is 24.8 Å². The normalized spacial score (nSPS) is 15.2. The van der Waals surface area contributed by atoms with Gasteiger partial charge in [0.25, 0.3) is 0 Å². The Labute approximate surface area is 227 Å². The van der Waals surface area contributed by atoms with E-state index in [0.717, 1.165) is 0 Å². The van der Waals surface area contributed by atoms with Gasteiger partial charge in [0.15, 0.2) is 0 Å². The van der Waals surface area contributed by atoms with E-state index in [1.165, 1.54) is 22.4 Å². The number of allylic oxidation sites excluding steroid dienone is 4. The van der Waals surface area contributed by atoms with Crippen molar-refractivity contribution in [2.24, 2.45) is 5.92 Å². The van der Waals surface area contributed by atoms with Crippen LogP contribution in [0.2, 0.25) is 0 Å². The Morgan fingerprint density at radius 3 is 1.56 bits per heavy atom. The van der Waals surface area contributed by atoms with Crippen LogP contribution in [0.25, 0.3) is 0 Å². The molecule has 0 saturated carbocycles. The van der Waals surface area contributed by atoms with Gasteiger partial charge in [-0.2, -0.15) is 0 Å². The maximum Gasteiger partial charge on any atom is -1.00 e. The minimum Gasteiger partial charge on any atom is -1.00 e. The van der Waals surface area contributed by atoms with Crippen LogP contribution in [0, 0.1) is 19.8 Å². The predicted molar refractivity (Wildman–Crippen MR) is 139 cm³/mol. The van der Waals surface area contributed by atoms with E-state index in [0.29, 0.717) is 5.92 Å². The van der Waals surface area contributed by atoms with Crippen LogP contribution in [-0.2, 0) is 20.9 Å². The molecule has 0 aliphatic heterocycles. The summed E-state index contributed by atoms with van der Waals surface area (Å²) in [5.74, 6) is -0.880. The second-order valence-corrected chi connectivity index (χ2v) is 28.2. The van der Waals surface area contributed by atoms with Crippen LogP contribution in [0.15, 0.2) is 98.9 Å². The number of benzene rings is 3. The van der Waals surface area contributed by atoms with Gasteiger partial charge in [0.05, 0.1) is 0 Å². The molecular weight excluding hydrogens is 640 g/mol. The molecule has 0 aromatic heterocycles. The molecule has 0 fully saturated rings. The number of aryl methyl sites for hydroxylation is 2. The summed E-state index contributed by atoms with van der Waals surface area (Å²) in [6.45, 7) is 13.9. The molecular formula is C29H34Cl2HfNSi. The molecule has 0 saturated heterocycles. The third-order valence-electron chi connectivity index (χ3n) is 6.99. The molecule has 3 aromatic rings. The van der Waals surface area contributed by atoms with E-state index < -0.39 is 26.9 Å². The summed E-state index contributed by atoms with van der Waals surface area (Å²) in [5, 5.41) is 3.15. The first kappa shape index (κ1) is 28.8. The minimum absolute atomic E-state index is 0. The van der Waals surface area contributed by atoms with Gasteiger partial charge in [-0.3, -0.25) is 0 Å². The van der Waals surface area contributed by atoms with Crippen LogP contribution in [0.3, 0.4) is 0 Å². The van der Waals surface area contributed by atoms with E-state index in [1.54, 1.807) is 24.8 Å². The Hall–Kier alpha value is -1.39. The van der Waals surface area contributed by atoms with Crippen LogP contribution in [0.1, 0.15) is 38.8 Å². The molecule has 0 spiro atoms. The monoisotopic (exact) mass is 674 g/mol. The second-order valence-electron chi connectivity index (χ2n) is 9.24. The standard InChI is InChI=1S/C12H11Si.C9H13.C8H10N.2ClH.Hf/c1-3-7-11(8-4-1)13-12-9-5-2-6-10-12;1-6-5-7(2)9(4)8(6)3;1-6-3-7(2)5-8(9)4-6;;;/h1-10,13H;6H,1-4H3;3-5,9H,1-2H3;2*1H;/q;;-1;;;+3/p-2. The van der Waals surface area contributed by atoms with E-state index in [1.807, 2.05) is 0 Å². The van der Waals surface area contributed by atoms with Crippen molar-refractivity contribution in [2.45, 2.75) is 41.5 Å². The Morgan fingerprint density at radius 2 is 1.15 bits per heavy atom. The van der Waals surface area contributed by atoms with Crippen LogP contribution >= 0.6 is 0 Å². The van der Waals surface area contributed by atoms with E-state index in [2.05, 4.69) is 124 Å². The summed E-state index contributed by atoms with van der Waals surface area (Å²) in [7, 11) is 0. The Kier molecular flexibility index (Phi) is 10.6. The minimum atomic E-state index is -2.59. The van der Waals surface area contributed by atoms with E-state index >= 15 is 0 Å². The van der Waals surface area contributed by atoms with Crippen molar-refractivity contribution in [3.05, 3.63) is 110 Å². The van der Waals surface area contributed by atoms with Gasteiger partial charge >= 0.3 is 204 Å². The zero-order chi connectivity index (χ0) is 22.8. The van der Waals surface area contributed by atoms with Gasteiger partial charge in [0.2, 0.25) is 0 Å². The summed E-state index contributed by atoms with van der Waals surface area (Å²) in [5.41, 5.74) is 8.65. The van der Waals surface area contributed by atoms with Crippen LogP contribution in [0.5, 0.6) is 0 Å². The molecule has 3 aromatic carbocycles. The maximum absolute atomic E-state index is 4.29. The third kappa shape index (κ3) is 6.05. The van der Waals surface area contributed by atoms with Crippen LogP contribution in [-0.4, -0.2) is 5.98 Å². The topological polar surface area (TPSA) is 12.0 Å². The van der Waals surface area contributed by atoms with Crippen LogP contribution in [0.4, 0.5) is 5.69 Å². The average molecular weight is 674 g/mol. The zero-order valence-corrected chi connectivity index (χ0v) is 27.2. The fourth-order valence-corrected chi connectivity index (χ4v) is 36.0. The summed E-state index contributed by atoms with van der Waals surface area (Å²) >= 11 is -2.59. The molecule has 1 N–H and O–H groups in total. The van der Waals surface area contributed by atoms with E-state index in [-0.39, 0.29) is 24.8 Å². The molecule has 1 atom stereocenters. The first-order chi connectivity index (χ1) is 15.4. The van der Waals surface area contributed by atoms with Gasteiger partial charge in [-0.25, -0.2) is 0 Å². The van der Waals surface area contributed by atoms with Crippen molar-refractivity contribution >= 4 is 22.0 Å². The van der Waals surface area contributed by atoms with Crippen molar-refractivity contribution < 1.29 is 45.7 Å². The molecule has 1 unspecified atom stereocenters. The van der Waals surface area contributed by atoms with E-state index in [9.17, 15) is 0 Å². The summed E-state index contributed by atoms with van der Waals surface area (Å²) in [6.07, 6.45) is 0. The first-order valence-corrected chi connectivity index (χ1v) is 23.1. The number of anilines is 1. The average Bonchev–Trinajstić information content (AvgIpc) is 2.97. The largest absolute Gasteiger partial charge is 1.00 e. The van der Waals surface area contributed by atoms with Gasteiger partial charge in [-0.1, -0.05) is 0 Å². The molecule has 0 bridgehead atoms. The molecule has 0 amide bonds. The predicted octanol–water partition coefficient (Wildman–Crippen LogP) is 0.0548. The number of rotatable bonds is 6. The molecule has 1 nitrogen and oxygen atoms in total. The molecule has 1 aliphatic rings. The van der Waals surface area contributed by atoms with Crippen molar-refractivity contribution in [3.8, 4) is 0 Å². The van der Waals surface area contributed by atoms with Crippen molar-refractivity contribution in [3.63, 3.8) is 0 Å². The van der Waals surface area contributed by atoms with Gasteiger partial charge in [0.1, 0.15) is 0 Å². The van der Waals surface area contributed by atoms with Gasteiger partial charge in [0, 0.05) is 0 Å². The molecule has 5 heteroatoms. The third-order valence-corrected chi connectivity index (χ3v) is 33.8. The van der Waals surface area contributed by atoms with Crippen molar-refractivity contribution in [2.75, 3.05) is 3.30 Å². The Morgan fingerprint density at radius 1 is 0.676 bits per heavy atom. The summed E-state index contributed by atoms with van der Waals surface area (Å²) in [6, 6.07) is 29.8. The molecule has 0 heterocycles. The van der Waals surface area contributed by atoms with Crippen molar-refractivity contribution in [1.82, 2.24) is 0 Å². The number of hydrogen-bond acceptors (Lipinski definition) is 1. The van der Waals surface area contributed by atoms with E-state index in [4.69, 9.17) is 0 Å². The molecule has 177 valence electrons. The maximum atomic E-state index is 4.29. The summed E-state index contributed by atoms with van der Waals surface area (Å²) < 4.78 is 6.08. The number of halogens is 2. The SMILES string of the molecule is CC1=C(C)C(C)[C]([Hf+2]([NH]c2cc(C)cc(C)c2)[SiH](c2ccccc2)c2ccccc2)=C1C.[Cl-].[Cl-]. The molecule has 4 rings (SSSR count). The molecule has 1 aliphatic carbocycles. The summed E-state index contributed by atoms with van der Waals surface area (Å²) in [4.78, 5) is 0. The fraction of sp³-hybridized carbons (Fsp3) is 0.241. The zero-order valence-electron chi connectivity index (χ0n) is 20.9. The Balaban J connectivity index is 0.00000204. The fourth-order valence-electron chi connectivity index (χ4n) is 5.11. The smallest absolute Gasteiger partial charge is 1.00 e. The van der Waals surface area contributed by atoms with Crippen molar-refractivity contribution in [1.29, 1.82) is 0 Å². The van der Waals surface area contributed by atoms with Gasteiger partial charge in [-0.05, 0) is 0 Å². The number of hydrogen-bond donors (Lipinski definition) is 1. The second kappa shape index (κ2) is 12.5. The number of nitrogens with one attached hydrogen (secondary N) is 1. The first-order valence-electron chi connectivity index (χ1n) is 11.6. The Bertz CT molecular complexity index is 1120. The van der Waals surface area contributed by atoms with Gasteiger partial charge in [-0.15, -0.1) is 0 Å². The van der Waals surface area contributed by atoms with Crippen LogP contribution < -0.4 is 38.5 Å². The molecule has 0 radical (unpaired) electrons.